The van der Waals surface area contributed by atoms with Gasteiger partial charge in [-0.1, -0.05) is 0 Å². The molecular weight excluding hydrogens is 252 g/mol. The fraction of sp³-hybridized carbons (Fsp3) is 0.125. The number of hydrogen-bond donors (Lipinski definition) is 1. The van der Waals surface area contributed by atoms with Gasteiger partial charge in [0.1, 0.15) is 10.6 Å². The van der Waals surface area contributed by atoms with Crippen LogP contribution in [0.3, 0.4) is 0 Å². The van der Waals surface area contributed by atoms with Crippen LogP contribution in [0.15, 0.2) is 23.1 Å². The quantitative estimate of drug-likeness (QED) is 0.620. The van der Waals surface area contributed by atoms with Gasteiger partial charge in [-0.05, 0) is 12.1 Å². The summed E-state index contributed by atoms with van der Waals surface area (Å²) in [5.41, 5.74) is 4.05. The van der Waals surface area contributed by atoms with E-state index in [1.807, 2.05) is 0 Å². The molecular formula is C8H8N2O6S. The number of benzene rings is 1. The molecule has 92 valence electrons. The Morgan fingerprint density at radius 1 is 1.47 bits per heavy atom. The standard InChI is InChI=1S/C8H8N2O6S/c1-17(14,15)7-3-2-5(16-8(9)11)4-6(7)10(12)13/h2-4H,1H3,(H2,9,11). The molecule has 1 amide bonds. The van der Waals surface area contributed by atoms with E-state index >= 15 is 0 Å². The molecule has 0 aromatic heterocycles. The molecule has 0 saturated heterocycles. The van der Waals surface area contributed by atoms with E-state index in [1.54, 1.807) is 0 Å². The van der Waals surface area contributed by atoms with Gasteiger partial charge in [-0.25, -0.2) is 13.2 Å². The monoisotopic (exact) mass is 260 g/mol. The molecule has 0 unspecified atom stereocenters. The zero-order valence-corrected chi connectivity index (χ0v) is 9.43. The summed E-state index contributed by atoms with van der Waals surface area (Å²) >= 11 is 0. The van der Waals surface area contributed by atoms with Crippen LogP contribution in [0, 0.1) is 10.1 Å². The van der Waals surface area contributed by atoms with Gasteiger partial charge in [0, 0.05) is 6.26 Å². The largest absolute Gasteiger partial charge is 0.410 e. The maximum absolute atomic E-state index is 11.3. The summed E-state index contributed by atoms with van der Waals surface area (Å²) in [5.74, 6) is -0.198. The van der Waals surface area contributed by atoms with Gasteiger partial charge in [0.15, 0.2) is 9.84 Å². The Morgan fingerprint density at radius 2 is 2.06 bits per heavy atom. The molecule has 0 saturated carbocycles. The number of nitrogens with zero attached hydrogens (tertiary/aromatic N) is 1. The van der Waals surface area contributed by atoms with E-state index in [9.17, 15) is 23.3 Å². The maximum Gasteiger partial charge on any atom is 0.409 e. The highest BCUT2D eigenvalue weighted by atomic mass is 32.2. The summed E-state index contributed by atoms with van der Waals surface area (Å²) in [7, 11) is -3.74. The minimum absolute atomic E-state index is 0.198. The molecule has 0 aliphatic carbocycles. The molecule has 0 radical (unpaired) electrons. The number of primary amides is 1. The second kappa shape index (κ2) is 4.37. The summed E-state index contributed by atoms with van der Waals surface area (Å²) in [4.78, 5) is 19.8. The average molecular weight is 260 g/mol. The number of nitrogens with two attached hydrogens (primary N) is 1. The lowest BCUT2D eigenvalue weighted by atomic mass is 10.3. The predicted octanol–water partition coefficient (Wildman–Crippen LogP) is 0.456. The lowest BCUT2D eigenvalue weighted by Crippen LogP contribution is -2.16. The second-order valence-electron chi connectivity index (χ2n) is 3.08. The Balaban J connectivity index is 3.37. The van der Waals surface area contributed by atoms with Gasteiger partial charge in [0.05, 0.1) is 11.0 Å². The number of amides is 1. The van der Waals surface area contributed by atoms with Crippen LogP contribution in [0.25, 0.3) is 0 Å². The Hall–Kier alpha value is -2.16. The number of carbonyl (C=O) groups is 1. The first-order valence-corrected chi connectivity index (χ1v) is 6.06. The van der Waals surface area contributed by atoms with Crippen LogP contribution in [0.4, 0.5) is 10.5 Å². The zero-order chi connectivity index (χ0) is 13.2. The number of rotatable bonds is 3. The van der Waals surface area contributed by atoms with Gasteiger partial charge in [-0.15, -0.1) is 0 Å². The lowest BCUT2D eigenvalue weighted by Gasteiger charge is -2.03. The minimum atomic E-state index is -3.74. The van der Waals surface area contributed by atoms with Crippen LogP contribution in [-0.4, -0.2) is 25.7 Å². The van der Waals surface area contributed by atoms with Crippen LogP contribution in [-0.2, 0) is 9.84 Å². The van der Waals surface area contributed by atoms with Crippen LogP contribution in [0.5, 0.6) is 5.75 Å². The third-order valence-electron chi connectivity index (χ3n) is 1.75. The molecule has 2 N–H and O–H groups in total. The molecule has 0 spiro atoms. The Morgan fingerprint density at radius 3 is 2.47 bits per heavy atom. The highest BCUT2D eigenvalue weighted by Gasteiger charge is 2.23. The Kier molecular flexibility index (Phi) is 3.32. The van der Waals surface area contributed by atoms with E-state index in [0.717, 1.165) is 24.5 Å². The highest BCUT2D eigenvalue weighted by molar-refractivity contribution is 7.90. The molecule has 1 aromatic carbocycles. The topological polar surface area (TPSA) is 130 Å². The molecule has 0 bridgehead atoms. The summed E-state index contributed by atoms with van der Waals surface area (Å²) in [6.07, 6.45) is -0.310. The van der Waals surface area contributed by atoms with Gasteiger partial charge < -0.3 is 10.5 Å². The smallest absolute Gasteiger partial charge is 0.409 e. The van der Waals surface area contributed by atoms with E-state index in [-0.39, 0.29) is 5.75 Å². The van der Waals surface area contributed by atoms with Crippen molar-refractivity contribution in [3.8, 4) is 5.75 Å². The number of nitro groups is 1. The van der Waals surface area contributed by atoms with Crippen molar-refractivity contribution < 1.29 is 22.9 Å². The average Bonchev–Trinajstić information content (AvgIpc) is 2.14. The summed E-state index contributed by atoms with van der Waals surface area (Å²) in [6, 6.07) is 2.90. The van der Waals surface area contributed by atoms with Gasteiger partial charge in [-0.2, -0.15) is 0 Å². The number of nitro benzene ring substituents is 1. The van der Waals surface area contributed by atoms with Crippen LogP contribution in [0.2, 0.25) is 0 Å². The molecule has 1 rings (SSSR count). The van der Waals surface area contributed by atoms with Crippen molar-refractivity contribution in [2.75, 3.05) is 6.26 Å². The zero-order valence-electron chi connectivity index (χ0n) is 8.61. The summed E-state index contributed by atoms with van der Waals surface area (Å²) in [6.45, 7) is 0. The summed E-state index contributed by atoms with van der Waals surface area (Å²) in [5, 5.41) is 10.7. The van der Waals surface area contributed by atoms with Crippen molar-refractivity contribution in [2.24, 2.45) is 5.73 Å². The molecule has 0 aliphatic rings. The highest BCUT2D eigenvalue weighted by Crippen LogP contribution is 2.28. The molecule has 9 heteroatoms. The third kappa shape index (κ3) is 3.14. The van der Waals surface area contributed by atoms with Crippen LogP contribution >= 0.6 is 0 Å². The first kappa shape index (κ1) is 12.9. The van der Waals surface area contributed by atoms with Crippen molar-refractivity contribution in [3.63, 3.8) is 0 Å². The van der Waals surface area contributed by atoms with Crippen molar-refractivity contribution in [3.05, 3.63) is 28.3 Å². The normalized spacial score (nSPS) is 10.9. The maximum atomic E-state index is 11.3. The number of hydrogen-bond acceptors (Lipinski definition) is 6. The van der Waals surface area contributed by atoms with Crippen molar-refractivity contribution in [1.29, 1.82) is 0 Å². The number of ether oxygens (including phenoxy) is 1. The molecule has 0 heterocycles. The Bertz CT molecular complexity index is 580. The third-order valence-corrected chi connectivity index (χ3v) is 2.89. The van der Waals surface area contributed by atoms with Crippen LogP contribution in [0.1, 0.15) is 0 Å². The first-order chi connectivity index (χ1) is 7.71. The first-order valence-electron chi connectivity index (χ1n) is 4.17. The molecule has 0 fully saturated rings. The molecule has 0 aliphatic heterocycles. The molecule has 1 aromatic rings. The van der Waals surface area contributed by atoms with Gasteiger partial charge in [0.2, 0.25) is 0 Å². The van der Waals surface area contributed by atoms with Crippen LogP contribution < -0.4 is 10.5 Å². The van der Waals surface area contributed by atoms with Crippen molar-refractivity contribution >= 4 is 21.6 Å². The van der Waals surface area contributed by atoms with Crippen molar-refractivity contribution in [1.82, 2.24) is 0 Å². The van der Waals surface area contributed by atoms with Crippen molar-refractivity contribution in [2.45, 2.75) is 4.90 Å². The van der Waals surface area contributed by atoms with E-state index in [1.165, 1.54) is 0 Å². The van der Waals surface area contributed by atoms with Gasteiger partial charge in [0.25, 0.3) is 5.69 Å². The van der Waals surface area contributed by atoms with Gasteiger partial charge >= 0.3 is 6.09 Å². The predicted molar refractivity (Wildman–Crippen MR) is 56.4 cm³/mol. The molecule has 0 atom stereocenters. The SMILES string of the molecule is CS(=O)(=O)c1ccc(OC(N)=O)cc1[N+](=O)[O-]. The Labute approximate surface area is 96.1 Å². The number of sulfone groups is 1. The lowest BCUT2D eigenvalue weighted by molar-refractivity contribution is -0.387. The summed E-state index contributed by atoms with van der Waals surface area (Å²) < 4.78 is 26.9. The second-order valence-corrected chi connectivity index (χ2v) is 5.06. The fourth-order valence-electron chi connectivity index (χ4n) is 1.13. The van der Waals surface area contributed by atoms with E-state index in [4.69, 9.17) is 5.73 Å². The van der Waals surface area contributed by atoms with E-state index < -0.39 is 31.4 Å². The number of carbonyl (C=O) groups excluding carboxylic acids is 1. The molecule has 8 nitrogen and oxygen atoms in total. The van der Waals surface area contributed by atoms with E-state index in [2.05, 4.69) is 4.74 Å². The minimum Gasteiger partial charge on any atom is -0.410 e. The van der Waals surface area contributed by atoms with E-state index in [0.29, 0.717) is 0 Å². The van der Waals surface area contributed by atoms with Gasteiger partial charge in [-0.3, -0.25) is 10.1 Å². The fourth-order valence-corrected chi connectivity index (χ4v) is 1.96. The molecule has 17 heavy (non-hydrogen) atoms.